The van der Waals surface area contributed by atoms with Crippen molar-refractivity contribution in [3.8, 4) is 17.2 Å². The fourth-order valence-corrected chi connectivity index (χ4v) is 4.79. The molecule has 3 aromatic carbocycles. The summed E-state index contributed by atoms with van der Waals surface area (Å²) in [5, 5.41) is 2.89. The highest BCUT2D eigenvalue weighted by atomic mass is 32.2. The molecule has 0 spiro atoms. The Labute approximate surface area is 206 Å². The van der Waals surface area contributed by atoms with Crippen LogP contribution in [-0.2, 0) is 16.4 Å². The van der Waals surface area contributed by atoms with Gasteiger partial charge in [0, 0.05) is 12.1 Å². The van der Waals surface area contributed by atoms with Crippen LogP contribution in [0.4, 0.5) is 0 Å². The molecule has 3 rings (SSSR count). The van der Waals surface area contributed by atoms with Crippen LogP contribution >= 0.6 is 0 Å². The maximum absolute atomic E-state index is 13.0. The van der Waals surface area contributed by atoms with Gasteiger partial charge in [-0.3, -0.25) is 4.79 Å². The van der Waals surface area contributed by atoms with Gasteiger partial charge in [-0.15, -0.1) is 0 Å². The van der Waals surface area contributed by atoms with E-state index in [4.69, 9.17) is 14.2 Å². The van der Waals surface area contributed by atoms with E-state index in [1.807, 2.05) is 43.3 Å². The van der Waals surface area contributed by atoms with Crippen LogP contribution in [0.3, 0.4) is 0 Å². The van der Waals surface area contributed by atoms with Crippen molar-refractivity contribution < 1.29 is 27.4 Å². The van der Waals surface area contributed by atoms with Crippen molar-refractivity contribution in [2.45, 2.75) is 24.3 Å². The van der Waals surface area contributed by atoms with Gasteiger partial charge in [0.1, 0.15) is 10.6 Å². The minimum Gasteiger partial charge on any atom is -0.495 e. The van der Waals surface area contributed by atoms with Gasteiger partial charge in [-0.1, -0.05) is 36.4 Å². The molecule has 35 heavy (non-hydrogen) atoms. The molecule has 186 valence electrons. The van der Waals surface area contributed by atoms with E-state index >= 15 is 0 Å². The molecule has 0 aliphatic heterocycles. The van der Waals surface area contributed by atoms with Gasteiger partial charge in [-0.25, -0.2) is 13.1 Å². The van der Waals surface area contributed by atoms with Crippen LogP contribution in [0.15, 0.2) is 71.6 Å². The number of amides is 1. The molecule has 0 heterocycles. The Morgan fingerprint density at radius 3 is 2.17 bits per heavy atom. The molecule has 0 saturated carbocycles. The molecular weight excluding hydrogens is 468 g/mol. The Kier molecular flexibility index (Phi) is 8.73. The molecule has 0 bridgehead atoms. The first kappa shape index (κ1) is 26.1. The second kappa shape index (κ2) is 11.7. The number of sulfonamides is 1. The lowest BCUT2D eigenvalue weighted by Crippen LogP contribution is -2.28. The van der Waals surface area contributed by atoms with E-state index in [0.29, 0.717) is 17.9 Å². The Hall–Kier alpha value is -3.56. The average molecular weight is 499 g/mol. The third-order valence-electron chi connectivity index (χ3n) is 5.52. The normalized spacial score (nSPS) is 12.0. The van der Waals surface area contributed by atoms with Gasteiger partial charge in [0.05, 0.1) is 27.4 Å². The standard InChI is InChI=1S/C26H30N2O6S/c1-18(20-10-12-22(32-2)24(16-20)34-4)28-26(29)21-11-13-23(33-3)25(17-21)35(30,31)27-15-14-19-8-6-5-7-9-19/h5-13,16-18,27H,14-15H2,1-4H3,(H,28,29). The first-order valence-corrected chi connectivity index (χ1v) is 12.5. The molecule has 8 nitrogen and oxygen atoms in total. The third kappa shape index (κ3) is 6.52. The Morgan fingerprint density at radius 2 is 1.51 bits per heavy atom. The van der Waals surface area contributed by atoms with E-state index in [-0.39, 0.29) is 28.8 Å². The minimum absolute atomic E-state index is 0.0977. The molecule has 3 aromatic rings. The van der Waals surface area contributed by atoms with E-state index in [1.165, 1.54) is 32.4 Å². The molecule has 2 N–H and O–H groups in total. The monoisotopic (exact) mass is 498 g/mol. The van der Waals surface area contributed by atoms with E-state index in [0.717, 1.165) is 11.1 Å². The number of rotatable bonds is 11. The van der Waals surface area contributed by atoms with Crippen molar-refractivity contribution in [2.75, 3.05) is 27.9 Å². The van der Waals surface area contributed by atoms with Crippen LogP contribution < -0.4 is 24.2 Å². The lowest BCUT2D eigenvalue weighted by atomic mass is 10.1. The number of carbonyl (C=O) groups excluding carboxylic acids is 1. The summed E-state index contributed by atoms with van der Waals surface area (Å²) < 4.78 is 44.4. The average Bonchev–Trinajstić information content (AvgIpc) is 2.88. The van der Waals surface area contributed by atoms with Gasteiger partial charge in [-0.2, -0.15) is 0 Å². The highest BCUT2D eigenvalue weighted by Crippen LogP contribution is 2.30. The Bertz CT molecular complexity index is 1260. The summed E-state index contributed by atoms with van der Waals surface area (Å²) in [6.45, 7) is 2.04. The van der Waals surface area contributed by atoms with E-state index in [1.54, 1.807) is 19.2 Å². The van der Waals surface area contributed by atoms with Crippen LogP contribution in [0.1, 0.15) is 34.5 Å². The second-order valence-corrected chi connectivity index (χ2v) is 9.54. The van der Waals surface area contributed by atoms with Gasteiger partial charge in [0.15, 0.2) is 11.5 Å². The molecular formula is C26H30N2O6S. The first-order chi connectivity index (χ1) is 16.8. The summed E-state index contributed by atoms with van der Waals surface area (Å²) in [5.41, 5.74) is 2.01. The molecule has 0 aliphatic rings. The maximum atomic E-state index is 13.0. The van der Waals surface area contributed by atoms with Gasteiger partial charge in [0.25, 0.3) is 5.91 Å². The summed E-state index contributed by atoms with van der Waals surface area (Å²) >= 11 is 0. The number of hydrogen-bond donors (Lipinski definition) is 2. The smallest absolute Gasteiger partial charge is 0.251 e. The van der Waals surface area contributed by atoms with Crippen molar-refractivity contribution in [1.82, 2.24) is 10.0 Å². The van der Waals surface area contributed by atoms with Crippen LogP contribution in [0.25, 0.3) is 0 Å². The van der Waals surface area contributed by atoms with Gasteiger partial charge in [-0.05, 0) is 54.8 Å². The molecule has 0 fully saturated rings. The number of benzene rings is 3. The summed E-state index contributed by atoms with van der Waals surface area (Å²) in [6.07, 6.45) is 0.533. The predicted molar refractivity (Wildman–Crippen MR) is 134 cm³/mol. The molecule has 0 saturated heterocycles. The zero-order valence-electron chi connectivity index (χ0n) is 20.2. The molecule has 1 atom stereocenters. The largest absolute Gasteiger partial charge is 0.495 e. The fraction of sp³-hybridized carbons (Fsp3) is 0.269. The summed E-state index contributed by atoms with van der Waals surface area (Å²) in [4.78, 5) is 12.9. The summed E-state index contributed by atoms with van der Waals surface area (Å²) in [5.74, 6) is 0.863. The Morgan fingerprint density at radius 1 is 0.857 bits per heavy atom. The van der Waals surface area contributed by atoms with E-state index in [2.05, 4.69) is 10.0 Å². The fourth-order valence-electron chi connectivity index (χ4n) is 3.57. The first-order valence-electron chi connectivity index (χ1n) is 11.0. The highest BCUT2D eigenvalue weighted by molar-refractivity contribution is 7.89. The van der Waals surface area contributed by atoms with Crippen LogP contribution in [0, 0.1) is 0 Å². The number of hydrogen-bond acceptors (Lipinski definition) is 6. The summed E-state index contributed by atoms with van der Waals surface area (Å²) in [7, 11) is 0.564. The lowest BCUT2D eigenvalue weighted by molar-refractivity contribution is 0.0939. The quantitative estimate of drug-likeness (QED) is 0.418. The predicted octanol–water partition coefficient (Wildman–Crippen LogP) is 3.72. The molecule has 9 heteroatoms. The van der Waals surface area contributed by atoms with Crippen molar-refractivity contribution in [3.05, 3.63) is 83.4 Å². The molecule has 1 unspecified atom stereocenters. The van der Waals surface area contributed by atoms with Crippen LogP contribution in [0.5, 0.6) is 17.2 Å². The summed E-state index contributed by atoms with van der Waals surface area (Å²) in [6, 6.07) is 18.9. The third-order valence-corrected chi connectivity index (χ3v) is 7.00. The maximum Gasteiger partial charge on any atom is 0.251 e. The van der Waals surface area contributed by atoms with Gasteiger partial charge in [0.2, 0.25) is 10.0 Å². The van der Waals surface area contributed by atoms with Crippen molar-refractivity contribution in [2.24, 2.45) is 0 Å². The van der Waals surface area contributed by atoms with Crippen LogP contribution in [0.2, 0.25) is 0 Å². The topological polar surface area (TPSA) is 103 Å². The Balaban J connectivity index is 1.76. The molecule has 0 aliphatic carbocycles. The molecule has 1 amide bonds. The SMILES string of the molecule is COc1ccc(C(C)NC(=O)c2ccc(OC)c(S(=O)(=O)NCCc3ccccc3)c2)cc1OC. The lowest BCUT2D eigenvalue weighted by Gasteiger charge is -2.17. The molecule has 0 radical (unpaired) electrons. The van der Waals surface area contributed by atoms with E-state index < -0.39 is 15.9 Å². The zero-order chi connectivity index (χ0) is 25.4. The number of nitrogens with one attached hydrogen (secondary N) is 2. The van der Waals surface area contributed by atoms with Crippen molar-refractivity contribution >= 4 is 15.9 Å². The van der Waals surface area contributed by atoms with Crippen LogP contribution in [-0.4, -0.2) is 42.2 Å². The van der Waals surface area contributed by atoms with Crippen molar-refractivity contribution in [1.29, 1.82) is 0 Å². The minimum atomic E-state index is -3.91. The van der Waals surface area contributed by atoms with E-state index in [9.17, 15) is 13.2 Å². The number of methoxy groups -OCH3 is 3. The van der Waals surface area contributed by atoms with Crippen molar-refractivity contribution in [3.63, 3.8) is 0 Å². The van der Waals surface area contributed by atoms with Gasteiger partial charge >= 0.3 is 0 Å². The number of ether oxygens (including phenoxy) is 3. The second-order valence-electron chi connectivity index (χ2n) is 7.81. The highest BCUT2D eigenvalue weighted by Gasteiger charge is 2.22. The molecule has 0 aromatic heterocycles. The number of carbonyl (C=O) groups is 1. The zero-order valence-corrected chi connectivity index (χ0v) is 21.0. The van der Waals surface area contributed by atoms with Gasteiger partial charge < -0.3 is 19.5 Å².